The molecule has 2 aliphatic heterocycles. The first-order valence-corrected chi connectivity index (χ1v) is 11.9. The average molecular weight is 468 g/mol. The largest absolute Gasteiger partial charge is 0.476 e. The van der Waals surface area contributed by atoms with Gasteiger partial charge in [0.25, 0.3) is 5.91 Å². The van der Waals surface area contributed by atoms with Gasteiger partial charge in [-0.25, -0.2) is 9.97 Å². The molecule has 5 N–H and O–H groups in total. The number of aromatic nitrogens is 3. The third kappa shape index (κ3) is 6.17. The van der Waals surface area contributed by atoms with Crippen LogP contribution in [0.5, 0.6) is 5.88 Å². The van der Waals surface area contributed by atoms with Crippen molar-refractivity contribution in [2.75, 3.05) is 62.6 Å². The van der Waals surface area contributed by atoms with Crippen molar-refractivity contribution in [1.29, 1.82) is 5.41 Å². The third-order valence-electron chi connectivity index (χ3n) is 6.06. The van der Waals surface area contributed by atoms with Crippen molar-refractivity contribution in [1.82, 2.24) is 25.2 Å². The SMILES string of the molecule is N=Cc1nc(N2CCCCCC2)nc(Nc2ccc(OCCN3CCNCC3)nc2)c1C(N)=O. The first kappa shape index (κ1) is 23.8. The van der Waals surface area contributed by atoms with Gasteiger partial charge in [0.15, 0.2) is 0 Å². The highest BCUT2D eigenvalue weighted by Gasteiger charge is 2.21. The maximum absolute atomic E-state index is 12.2. The maximum atomic E-state index is 12.2. The number of hydrogen-bond donors (Lipinski definition) is 4. The van der Waals surface area contributed by atoms with E-state index in [4.69, 9.17) is 15.9 Å². The van der Waals surface area contributed by atoms with E-state index in [-0.39, 0.29) is 17.1 Å². The number of ether oxygens (including phenoxy) is 1. The van der Waals surface area contributed by atoms with E-state index in [1.807, 2.05) is 6.07 Å². The van der Waals surface area contributed by atoms with Gasteiger partial charge >= 0.3 is 0 Å². The molecule has 0 radical (unpaired) electrons. The summed E-state index contributed by atoms with van der Waals surface area (Å²) in [5.41, 5.74) is 6.54. The van der Waals surface area contributed by atoms with E-state index in [9.17, 15) is 4.79 Å². The lowest BCUT2D eigenvalue weighted by molar-refractivity contribution is 0.100. The second kappa shape index (κ2) is 11.7. The molecule has 4 rings (SSSR count). The highest BCUT2D eigenvalue weighted by molar-refractivity contribution is 6.04. The molecule has 11 nitrogen and oxygen atoms in total. The molecular formula is C23H33N9O2. The zero-order valence-corrected chi connectivity index (χ0v) is 19.4. The van der Waals surface area contributed by atoms with Crippen LogP contribution in [0, 0.1) is 5.41 Å². The number of hydrogen-bond acceptors (Lipinski definition) is 10. The number of amides is 1. The van der Waals surface area contributed by atoms with Gasteiger partial charge in [0.2, 0.25) is 11.8 Å². The van der Waals surface area contributed by atoms with Crippen molar-refractivity contribution in [2.24, 2.45) is 5.73 Å². The highest BCUT2D eigenvalue weighted by Crippen LogP contribution is 2.25. The summed E-state index contributed by atoms with van der Waals surface area (Å²) in [7, 11) is 0. The van der Waals surface area contributed by atoms with Crippen LogP contribution in [0.1, 0.15) is 41.7 Å². The molecule has 0 aliphatic carbocycles. The van der Waals surface area contributed by atoms with E-state index in [1.165, 1.54) is 12.8 Å². The number of anilines is 3. The van der Waals surface area contributed by atoms with E-state index in [0.29, 0.717) is 24.1 Å². The molecule has 0 aromatic carbocycles. The number of nitrogens with zero attached hydrogens (tertiary/aromatic N) is 5. The van der Waals surface area contributed by atoms with Crippen molar-refractivity contribution in [2.45, 2.75) is 25.7 Å². The highest BCUT2D eigenvalue weighted by atomic mass is 16.5. The summed E-state index contributed by atoms with van der Waals surface area (Å²) in [5, 5.41) is 14.3. The molecule has 0 spiro atoms. The summed E-state index contributed by atoms with van der Waals surface area (Å²) in [6.45, 7) is 7.18. The Morgan fingerprint density at radius 3 is 2.56 bits per heavy atom. The van der Waals surface area contributed by atoms with Crippen LogP contribution in [-0.4, -0.2) is 84.4 Å². The zero-order valence-electron chi connectivity index (χ0n) is 19.4. The number of carbonyl (C=O) groups is 1. The summed E-state index contributed by atoms with van der Waals surface area (Å²) in [6, 6.07) is 3.59. The summed E-state index contributed by atoms with van der Waals surface area (Å²) in [4.78, 5) is 30.1. The van der Waals surface area contributed by atoms with E-state index in [0.717, 1.165) is 64.9 Å². The number of rotatable bonds is 9. The fourth-order valence-corrected chi connectivity index (χ4v) is 4.21. The lowest BCUT2D eigenvalue weighted by Gasteiger charge is -2.26. The van der Waals surface area contributed by atoms with Crippen LogP contribution < -0.4 is 26.0 Å². The molecule has 11 heteroatoms. The van der Waals surface area contributed by atoms with Crippen LogP contribution >= 0.6 is 0 Å². The lowest BCUT2D eigenvalue weighted by Crippen LogP contribution is -2.44. The predicted octanol–water partition coefficient (Wildman–Crippen LogP) is 1.38. The molecule has 2 fully saturated rings. The Morgan fingerprint density at radius 2 is 1.91 bits per heavy atom. The van der Waals surface area contributed by atoms with Crippen molar-refractivity contribution >= 4 is 29.6 Å². The molecule has 2 aromatic heterocycles. The van der Waals surface area contributed by atoms with Gasteiger partial charge in [-0.1, -0.05) is 12.8 Å². The summed E-state index contributed by atoms with van der Waals surface area (Å²) >= 11 is 0. The Kier molecular flexibility index (Phi) is 8.21. The van der Waals surface area contributed by atoms with E-state index >= 15 is 0 Å². The summed E-state index contributed by atoms with van der Waals surface area (Å²) < 4.78 is 5.79. The minimum absolute atomic E-state index is 0.0879. The van der Waals surface area contributed by atoms with Gasteiger partial charge in [0.05, 0.1) is 11.9 Å². The Labute approximate surface area is 199 Å². The number of primary amides is 1. The molecule has 1 amide bonds. The molecule has 0 bridgehead atoms. The van der Waals surface area contributed by atoms with Crippen molar-refractivity contribution < 1.29 is 9.53 Å². The molecule has 2 saturated heterocycles. The van der Waals surface area contributed by atoms with Crippen LogP contribution in [0.15, 0.2) is 18.3 Å². The molecule has 2 aliphatic rings. The number of carbonyl (C=O) groups excluding carboxylic acids is 1. The summed E-state index contributed by atoms with van der Waals surface area (Å²) in [6.07, 6.45) is 7.14. The zero-order chi connectivity index (χ0) is 23.8. The van der Waals surface area contributed by atoms with Crippen molar-refractivity contribution in [3.8, 4) is 5.88 Å². The molecule has 2 aromatic rings. The minimum atomic E-state index is -0.691. The molecule has 0 saturated carbocycles. The van der Waals surface area contributed by atoms with Gasteiger partial charge in [-0.2, -0.15) is 4.98 Å². The normalized spacial score (nSPS) is 17.1. The van der Waals surface area contributed by atoms with Gasteiger partial charge in [-0.05, 0) is 18.9 Å². The van der Waals surface area contributed by atoms with Crippen molar-refractivity contribution in [3.05, 3.63) is 29.6 Å². The quantitative estimate of drug-likeness (QED) is 0.402. The number of piperazine rings is 1. The van der Waals surface area contributed by atoms with Gasteiger partial charge in [0, 0.05) is 58.1 Å². The monoisotopic (exact) mass is 467 g/mol. The molecule has 34 heavy (non-hydrogen) atoms. The van der Waals surface area contributed by atoms with Crippen molar-refractivity contribution in [3.63, 3.8) is 0 Å². The van der Waals surface area contributed by atoms with Crippen LogP contribution in [0.2, 0.25) is 0 Å². The Bertz CT molecular complexity index is 969. The molecular weight excluding hydrogens is 434 g/mol. The lowest BCUT2D eigenvalue weighted by atomic mass is 10.2. The van der Waals surface area contributed by atoms with E-state index in [1.54, 1.807) is 12.3 Å². The molecule has 0 atom stereocenters. The predicted molar refractivity (Wildman–Crippen MR) is 131 cm³/mol. The van der Waals surface area contributed by atoms with E-state index in [2.05, 4.69) is 35.4 Å². The smallest absolute Gasteiger partial charge is 0.254 e. The topological polar surface area (TPSA) is 145 Å². The van der Waals surface area contributed by atoms with Crippen LogP contribution in [0.3, 0.4) is 0 Å². The minimum Gasteiger partial charge on any atom is -0.476 e. The standard InChI is InChI=1S/C23H33N9O2/c24-15-18-20(21(25)33)22(30-23(29-18)32-9-3-1-2-4-10-32)28-17-5-6-19(27-16-17)34-14-13-31-11-7-26-8-12-31/h5-6,15-16,24,26H,1-4,7-14H2,(H2,25,33)(H,28,29,30). The summed E-state index contributed by atoms with van der Waals surface area (Å²) in [5.74, 6) is 0.608. The van der Waals surface area contributed by atoms with Crippen LogP contribution in [0.25, 0.3) is 0 Å². The Morgan fingerprint density at radius 1 is 1.15 bits per heavy atom. The second-order valence-electron chi connectivity index (χ2n) is 8.49. The maximum Gasteiger partial charge on any atom is 0.254 e. The van der Waals surface area contributed by atoms with Crippen LogP contribution in [0.4, 0.5) is 17.5 Å². The van der Waals surface area contributed by atoms with Gasteiger partial charge < -0.3 is 31.4 Å². The Hall–Kier alpha value is -3.31. The first-order chi connectivity index (χ1) is 16.6. The number of pyridine rings is 1. The van der Waals surface area contributed by atoms with Crippen LogP contribution in [-0.2, 0) is 0 Å². The number of nitrogens with one attached hydrogen (secondary N) is 3. The molecule has 182 valence electrons. The van der Waals surface area contributed by atoms with E-state index < -0.39 is 5.91 Å². The molecule has 0 unspecified atom stereocenters. The number of nitrogens with two attached hydrogens (primary N) is 1. The third-order valence-corrected chi connectivity index (χ3v) is 6.06. The van der Waals surface area contributed by atoms with Gasteiger partial charge in [-0.15, -0.1) is 0 Å². The fraction of sp³-hybridized carbons (Fsp3) is 0.522. The second-order valence-corrected chi connectivity index (χ2v) is 8.49. The fourth-order valence-electron chi connectivity index (χ4n) is 4.21. The Balaban J connectivity index is 1.47. The molecule has 4 heterocycles. The first-order valence-electron chi connectivity index (χ1n) is 11.9. The van der Waals surface area contributed by atoms with Gasteiger partial charge in [-0.3, -0.25) is 9.69 Å². The van der Waals surface area contributed by atoms with Gasteiger partial charge in [0.1, 0.15) is 23.7 Å². The average Bonchev–Trinajstić information content (AvgIpc) is 3.15.